The average molecular weight is 331 g/mol. The predicted molar refractivity (Wildman–Crippen MR) is 96.6 cm³/mol. The second-order valence-corrected chi connectivity index (χ2v) is 7.33. The van der Waals surface area contributed by atoms with Gasteiger partial charge in [-0.25, -0.2) is 4.79 Å². The van der Waals surface area contributed by atoms with Gasteiger partial charge in [-0.2, -0.15) is 0 Å². The fourth-order valence-electron chi connectivity index (χ4n) is 3.68. The third kappa shape index (κ3) is 4.98. The first kappa shape index (κ1) is 18.3. The molecule has 5 heteroatoms. The zero-order chi connectivity index (χ0) is 17.7. The maximum Gasteiger partial charge on any atom is 0.319 e. The lowest BCUT2D eigenvalue weighted by Gasteiger charge is -2.37. The van der Waals surface area contributed by atoms with E-state index in [1.54, 1.807) is 12.1 Å². The van der Waals surface area contributed by atoms with E-state index in [9.17, 15) is 9.59 Å². The lowest BCUT2D eigenvalue weighted by Crippen LogP contribution is -2.47. The van der Waals surface area contributed by atoms with Crippen LogP contribution < -0.4 is 16.4 Å². The maximum atomic E-state index is 12.5. The lowest BCUT2D eigenvalue weighted by molar-refractivity contribution is -0.117. The van der Waals surface area contributed by atoms with Gasteiger partial charge in [0.25, 0.3) is 0 Å². The fraction of sp³-hybridized carbons (Fsp3) is 0.579. The molecule has 3 amide bonds. The SMILES string of the molecule is CC(C)[C@@H]1CC[C@@H](C)C[C@@H]1NC(=O)Nc1ccccc1CC(N)=O. The van der Waals surface area contributed by atoms with Crippen molar-refractivity contribution in [3.63, 3.8) is 0 Å². The van der Waals surface area contributed by atoms with Gasteiger partial charge in [-0.15, -0.1) is 0 Å². The molecule has 1 aliphatic carbocycles. The summed E-state index contributed by atoms with van der Waals surface area (Å²) in [5, 5.41) is 6.02. The molecule has 0 unspecified atom stereocenters. The van der Waals surface area contributed by atoms with Crippen molar-refractivity contribution in [2.75, 3.05) is 5.32 Å². The third-order valence-corrected chi connectivity index (χ3v) is 4.97. The van der Waals surface area contributed by atoms with Crippen molar-refractivity contribution in [3.05, 3.63) is 29.8 Å². The maximum absolute atomic E-state index is 12.5. The molecule has 0 saturated heterocycles. The minimum Gasteiger partial charge on any atom is -0.369 e. The van der Waals surface area contributed by atoms with Crippen LogP contribution in [0.5, 0.6) is 0 Å². The molecule has 0 radical (unpaired) electrons. The summed E-state index contributed by atoms with van der Waals surface area (Å²) in [4.78, 5) is 23.6. The predicted octanol–water partition coefficient (Wildman–Crippen LogP) is 3.30. The zero-order valence-electron chi connectivity index (χ0n) is 14.8. The average Bonchev–Trinajstić information content (AvgIpc) is 2.48. The number of carbonyl (C=O) groups excluding carboxylic acids is 2. The molecule has 1 aliphatic rings. The van der Waals surface area contributed by atoms with E-state index in [1.807, 2.05) is 12.1 Å². The Kier molecular flexibility index (Phi) is 6.23. The molecule has 0 bridgehead atoms. The number of urea groups is 1. The molecule has 1 aromatic rings. The van der Waals surface area contributed by atoms with Gasteiger partial charge in [0.05, 0.1) is 6.42 Å². The zero-order valence-corrected chi connectivity index (χ0v) is 14.8. The largest absolute Gasteiger partial charge is 0.369 e. The quantitative estimate of drug-likeness (QED) is 0.773. The number of nitrogens with one attached hydrogen (secondary N) is 2. The number of anilines is 1. The van der Waals surface area contributed by atoms with Gasteiger partial charge in [0.15, 0.2) is 0 Å². The number of rotatable bonds is 5. The van der Waals surface area contributed by atoms with E-state index in [4.69, 9.17) is 5.73 Å². The van der Waals surface area contributed by atoms with Crippen molar-refractivity contribution in [2.45, 2.75) is 52.5 Å². The summed E-state index contributed by atoms with van der Waals surface area (Å²) in [6.45, 7) is 6.68. The van der Waals surface area contributed by atoms with E-state index in [2.05, 4.69) is 31.4 Å². The molecular weight excluding hydrogens is 302 g/mol. The Bertz CT molecular complexity index is 586. The Balaban J connectivity index is 2.03. The van der Waals surface area contributed by atoms with Gasteiger partial charge in [0, 0.05) is 11.7 Å². The van der Waals surface area contributed by atoms with Gasteiger partial charge in [0.1, 0.15) is 0 Å². The van der Waals surface area contributed by atoms with Crippen LogP contribution in [-0.4, -0.2) is 18.0 Å². The van der Waals surface area contributed by atoms with Crippen molar-refractivity contribution in [3.8, 4) is 0 Å². The summed E-state index contributed by atoms with van der Waals surface area (Å²) in [7, 11) is 0. The highest BCUT2D eigenvalue weighted by molar-refractivity contribution is 5.91. The van der Waals surface area contributed by atoms with Crippen LogP contribution in [0, 0.1) is 17.8 Å². The number of benzene rings is 1. The summed E-state index contributed by atoms with van der Waals surface area (Å²) in [5.41, 5.74) is 6.64. The van der Waals surface area contributed by atoms with Crippen molar-refractivity contribution in [1.29, 1.82) is 0 Å². The van der Waals surface area contributed by atoms with E-state index < -0.39 is 5.91 Å². The standard InChI is InChI=1S/C19H29N3O2/c1-12(2)15-9-8-13(3)10-17(15)22-19(24)21-16-7-5-4-6-14(16)11-18(20)23/h4-7,12-13,15,17H,8-11H2,1-3H3,(H2,20,23)(H2,21,22,24)/t13-,15+,17+/m1/s1. The second-order valence-electron chi connectivity index (χ2n) is 7.33. The molecule has 0 heterocycles. The molecule has 1 saturated carbocycles. The van der Waals surface area contributed by atoms with Crippen molar-refractivity contribution < 1.29 is 9.59 Å². The highest BCUT2D eigenvalue weighted by atomic mass is 16.2. The Morgan fingerprint density at radius 1 is 1.25 bits per heavy atom. The highest BCUT2D eigenvalue weighted by Crippen LogP contribution is 2.33. The number of hydrogen-bond donors (Lipinski definition) is 3. The van der Waals surface area contributed by atoms with E-state index >= 15 is 0 Å². The van der Waals surface area contributed by atoms with Crippen molar-refractivity contribution >= 4 is 17.6 Å². The van der Waals surface area contributed by atoms with Gasteiger partial charge < -0.3 is 16.4 Å². The summed E-state index contributed by atoms with van der Waals surface area (Å²) in [6.07, 6.45) is 3.51. The summed E-state index contributed by atoms with van der Waals surface area (Å²) >= 11 is 0. The minimum absolute atomic E-state index is 0.117. The number of para-hydroxylation sites is 1. The lowest BCUT2D eigenvalue weighted by atomic mass is 9.74. The molecule has 132 valence electrons. The van der Waals surface area contributed by atoms with Crippen LogP contribution in [0.2, 0.25) is 0 Å². The van der Waals surface area contributed by atoms with E-state index in [0.717, 1.165) is 18.4 Å². The number of amides is 3. The molecule has 0 spiro atoms. The summed E-state index contributed by atoms with van der Waals surface area (Å²) in [6, 6.07) is 7.24. The molecule has 0 aliphatic heterocycles. The summed E-state index contributed by atoms with van der Waals surface area (Å²) < 4.78 is 0. The van der Waals surface area contributed by atoms with Gasteiger partial charge in [-0.3, -0.25) is 4.79 Å². The first-order chi connectivity index (χ1) is 11.4. The van der Waals surface area contributed by atoms with Crippen LogP contribution in [0.4, 0.5) is 10.5 Å². The second kappa shape index (κ2) is 8.18. The van der Waals surface area contributed by atoms with Gasteiger partial charge in [-0.05, 0) is 42.2 Å². The molecule has 0 aromatic heterocycles. The number of nitrogens with two attached hydrogens (primary N) is 1. The van der Waals surface area contributed by atoms with Crippen LogP contribution >= 0.6 is 0 Å². The van der Waals surface area contributed by atoms with Crippen molar-refractivity contribution in [1.82, 2.24) is 5.32 Å². The van der Waals surface area contributed by atoms with Crippen LogP contribution in [-0.2, 0) is 11.2 Å². The van der Waals surface area contributed by atoms with Crippen molar-refractivity contribution in [2.24, 2.45) is 23.5 Å². The smallest absolute Gasteiger partial charge is 0.319 e. The van der Waals surface area contributed by atoms with E-state index in [-0.39, 0.29) is 18.5 Å². The Morgan fingerprint density at radius 3 is 2.62 bits per heavy atom. The normalized spacial score (nSPS) is 23.8. The molecule has 3 atom stereocenters. The fourth-order valence-corrected chi connectivity index (χ4v) is 3.68. The molecule has 1 aromatic carbocycles. The van der Waals surface area contributed by atoms with E-state index in [1.165, 1.54) is 6.42 Å². The molecule has 2 rings (SSSR count). The Hall–Kier alpha value is -2.04. The molecule has 4 N–H and O–H groups in total. The first-order valence-electron chi connectivity index (χ1n) is 8.80. The number of hydrogen-bond acceptors (Lipinski definition) is 2. The summed E-state index contributed by atoms with van der Waals surface area (Å²) in [5.74, 6) is 1.27. The van der Waals surface area contributed by atoms with Crippen LogP contribution in [0.3, 0.4) is 0 Å². The van der Waals surface area contributed by atoms with E-state index in [0.29, 0.717) is 23.4 Å². The first-order valence-corrected chi connectivity index (χ1v) is 8.80. The van der Waals surface area contributed by atoms with Crippen LogP contribution in [0.15, 0.2) is 24.3 Å². The van der Waals surface area contributed by atoms with Gasteiger partial charge in [-0.1, -0.05) is 45.4 Å². The van der Waals surface area contributed by atoms with Crippen LogP contribution in [0.1, 0.15) is 45.6 Å². The number of primary amides is 1. The minimum atomic E-state index is -0.411. The third-order valence-electron chi connectivity index (χ3n) is 4.97. The molecular formula is C19H29N3O2. The Labute approximate surface area is 144 Å². The molecule has 24 heavy (non-hydrogen) atoms. The number of carbonyl (C=O) groups is 2. The monoisotopic (exact) mass is 331 g/mol. The van der Waals surface area contributed by atoms with Gasteiger partial charge >= 0.3 is 6.03 Å². The molecule has 5 nitrogen and oxygen atoms in total. The topological polar surface area (TPSA) is 84.2 Å². The van der Waals surface area contributed by atoms with Gasteiger partial charge in [0.2, 0.25) is 5.91 Å². The highest BCUT2D eigenvalue weighted by Gasteiger charge is 2.31. The molecule has 1 fully saturated rings. The van der Waals surface area contributed by atoms with Crippen LogP contribution in [0.25, 0.3) is 0 Å². The Morgan fingerprint density at radius 2 is 1.96 bits per heavy atom.